The quantitative estimate of drug-likeness (QED) is 0.649. The van der Waals surface area contributed by atoms with Crippen molar-refractivity contribution >= 4 is 5.78 Å². The highest BCUT2D eigenvalue weighted by Gasteiger charge is 2.42. The molecule has 0 saturated heterocycles. The van der Waals surface area contributed by atoms with Crippen LogP contribution in [0.15, 0.2) is 12.7 Å². The molecule has 0 aromatic rings. The zero-order valence-corrected chi connectivity index (χ0v) is 9.43. The fourth-order valence-electron chi connectivity index (χ4n) is 2.07. The molecule has 0 aliphatic heterocycles. The Hall–Kier alpha value is -0.630. The average Bonchev–Trinajstić information content (AvgIpc) is 2.18. The van der Waals surface area contributed by atoms with Crippen LogP contribution in [0, 0.1) is 5.41 Å². The van der Waals surface area contributed by atoms with E-state index in [2.05, 4.69) is 20.4 Å². The van der Waals surface area contributed by atoms with Crippen LogP contribution >= 0.6 is 0 Å². The fourth-order valence-corrected chi connectivity index (χ4v) is 2.07. The first-order chi connectivity index (χ1) is 6.46. The normalized spacial score (nSPS) is 24.2. The van der Waals surface area contributed by atoms with Gasteiger partial charge < -0.3 is 4.74 Å². The summed E-state index contributed by atoms with van der Waals surface area (Å²) in [5, 5.41) is 0. The highest BCUT2D eigenvalue weighted by Crippen LogP contribution is 2.42. The maximum Gasteiger partial charge on any atom is 0.186 e. The van der Waals surface area contributed by atoms with Gasteiger partial charge in [0.2, 0.25) is 0 Å². The van der Waals surface area contributed by atoms with Crippen molar-refractivity contribution in [1.82, 2.24) is 0 Å². The third-order valence-electron chi connectivity index (χ3n) is 3.44. The summed E-state index contributed by atoms with van der Waals surface area (Å²) in [6.07, 6.45) is 5.12. The van der Waals surface area contributed by atoms with E-state index in [0.29, 0.717) is 5.41 Å². The molecule has 1 aliphatic rings. The predicted octanol–water partition coefficient (Wildman–Crippen LogP) is 2.73. The van der Waals surface area contributed by atoms with Gasteiger partial charge in [-0.1, -0.05) is 20.4 Å². The summed E-state index contributed by atoms with van der Waals surface area (Å²) in [5.74, 6) is 0.0375. The number of methoxy groups -OCH3 is 1. The molecule has 0 amide bonds. The van der Waals surface area contributed by atoms with E-state index >= 15 is 0 Å². The number of rotatable bonds is 3. The number of ether oxygens (including phenoxy) is 1. The van der Waals surface area contributed by atoms with Gasteiger partial charge in [-0.3, -0.25) is 4.79 Å². The lowest BCUT2D eigenvalue weighted by Gasteiger charge is -2.41. The molecule has 1 saturated carbocycles. The van der Waals surface area contributed by atoms with Gasteiger partial charge in [0.25, 0.3) is 0 Å². The van der Waals surface area contributed by atoms with E-state index in [1.165, 1.54) is 6.08 Å². The summed E-state index contributed by atoms with van der Waals surface area (Å²) in [5.41, 5.74) is -0.221. The lowest BCUT2D eigenvalue weighted by Crippen LogP contribution is -2.44. The standard InChI is InChI=1S/C12H20O2/c1-5-10(13)12(14-4)8-6-11(2,3)7-9-12/h5H,1,6-9H2,2-4H3. The zero-order chi connectivity index (χ0) is 10.8. The van der Waals surface area contributed by atoms with Gasteiger partial charge in [0.05, 0.1) is 0 Å². The van der Waals surface area contributed by atoms with Crippen LogP contribution in [0.2, 0.25) is 0 Å². The molecule has 1 fully saturated rings. The maximum atomic E-state index is 11.7. The second-order valence-electron chi connectivity index (χ2n) is 4.93. The second kappa shape index (κ2) is 3.85. The molecule has 0 spiro atoms. The molecule has 1 aliphatic carbocycles. The molecule has 1 rings (SSSR count). The van der Waals surface area contributed by atoms with Crippen LogP contribution in [-0.2, 0) is 9.53 Å². The summed E-state index contributed by atoms with van der Waals surface area (Å²) >= 11 is 0. The van der Waals surface area contributed by atoms with Crippen molar-refractivity contribution in [2.45, 2.75) is 45.1 Å². The van der Waals surface area contributed by atoms with Gasteiger partial charge in [0, 0.05) is 7.11 Å². The van der Waals surface area contributed by atoms with E-state index in [1.54, 1.807) is 7.11 Å². The first kappa shape index (κ1) is 11.4. The average molecular weight is 196 g/mol. The minimum absolute atomic E-state index is 0.0375. The van der Waals surface area contributed by atoms with Crippen molar-refractivity contribution in [3.05, 3.63) is 12.7 Å². The van der Waals surface area contributed by atoms with Crippen LogP contribution in [0.5, 0.6) is 0 Å². The van der Waals surface area contributed by atoms with Crippen molar-refractivity contribution in [3.63, 3.8) is 0 Å². The molecule has 14 heavy (non-hydrogen) atoms. The van der Waals surface area contributed by atoms with Crippen molar-refractivity contribution in [3.8, 4) is 0 Å². The molecule has 0 N–H and O–H groups in total. The number of hydrogen-bond donors (Lipinski definition) is 0. The van der Waals surface area contributed by atoms with Crippen molar-refractivity contribution in [2.24, 2.45) is 5.41 Å². The summed E-state index contributed by atoms with van der Waals surface area (Å²) in [7, 11) is 1.62. The first-order valence-corrected chi connectivity index (χ1v) is 5.18. The third kappa shape index (κ3) is 2.06. The van der Waals surface area contributed by atoms with Crippen molar-refractivity contribution in [2.75, 3.05) is 7.11 Å². The molecule has 2 heteroatoms. The van der Waals surface area contributed by atoms with E-state index < -0.39 is 5.60 Å². The minimum atomic E-state index is -0.572. The summed E-state index contributed by atoms with van der Waals surface area (Å²) in [6.45, 7) is 8.02. The smallest absolute Gasteiger partial charge is 0.186 e. The van der Waals surface area contributed by atoms with Crippen LogP contribution in [-0.4, -0.2) is 18.5 Å². The predicted molar refractivity (Wildman–Crippen MR) is 57.2 cm³/mol. The van der Waals surface area contributed by atoms with Gasteiger partial charge in [0.1, 0.15) is 5.60 Å². The zero-order valence-electron chi connectivity index (χ0n) is 9.43. The molecule has 0 heterocycles. The Labute approximate surface area is 86.3 Å². The van der Waals surface area contributed by atoms with Gasteiger partial charge in [-0.05, 0) is 37.2 Å². The molecule has 0 unspecified atom stereocenters. The lowest BCUT2D eigenvalue weighted by molar-refractivity contribution is -0.142. The Kier molecular flexibility index (Phi) is 3.15. The number of hydrogen-bond acceptors (Lipinski definition) is 2. The summed E-state index contributed by atoms with van der Waals surface area (Å²) in [4.78, 5) is 11.7. The highest BCUT2D eigenvalue weighted by atomic mass is 16.5. The summed E-state index contributed by atoms with van der Waals surface area (Å²) < 4.78 is 5.40. The molecule has 0 bridgehead atoms. The minimum Gasteiger partial charge on any atom is -0.370 e. The fraction of sp³-hybridized carbons (Fsp3) is 0.750. The van der Waals surface area contributed by atoms with E-state index in [0.717, 1.165) is 25.7 Å². The number of carbonyl (C=O) groups excluding carboxylic acids is 1. The highest BCUT2D eigenvalue weighted by molar-refractivity contribution is 5.96. The molecule has 0 aromatic heterocycles. The molecule has 0 aromatic carbocycles. The van der Waals surface area contributed by atoms with E-state index in [4.69, 9.17) is 4.74 Å². The monoisotopic (exact) mass is 196 g/mol. The maximum absolute atomic E-state index is 11.7. The Morgan fingerprint density at radius 3 is 2.14 bits per heavy atom. The largest absolute Gasteiger partial charge is 0.370 e. The SMILES string of the molecule is C=CC(=O)C1(OC)CCC(C)(C)CC1. The van der Waals surface area contributed by atoms with Gasteiger partial charge in [-0.15, -0.1) is 0 Å². The Morgan fingerprint density at radius 2 is 1.79 bits per heavy atom. The molecule has 2 nitrogen and oxygen atoms in total. The Bertz CT molecular complexity index is 231. The Balaban J connectivity index is 2.76. The van der Waals surface area contributed by atoms with Gasteiger partial charge in [-0.2, -0.15) is 0 Å². The van der Waals surface area contributed by atoms with Gasteiger partial charge in [0.15, 0.2) is 5.78 Å². The van der Waals surface area contributed by atoms with Crippen molar-refractivity contribution in [1.29, 1.82) is 0 Å². The molecular formula is C12H20O2. The van der Waals surface area contributed by atoms with Crippen LogP contribution < -0.4 is 0 Å². The summed E-state index contributed by atoms with van der Waals surface area (Å²) in [6, 6.07) is 0. The first-order valence-electron chi connectivity index (χ1n) is 5.18. The number of ketones is 1. The topological polar surface area (TPSA) is 26.3 Å². The van der Waals surface area contributed by atoms with Crippen LogP contribution in [0.25, 0.3) is 0 Å². The second-order valence-corrected chi connectivity index (χ2v) is 4.93. The van der Waals surface area contributed by atoms with Gasteiger partial charge in [-0.25, -0.2) is 0 Å². The molecule has 80 valence electrons. The van der Waals surface area contributed by atoms with E-state index in [9.17, 15) is 4.79 Å². The lowest BCUT2D eigenvalue weighted by atomic mass is 9.69. The number of carbonyl (C=O) groups is 1. The molecule has 0 atom stereocenters. The Morgan fingerprint density at radius 1 is 1.29 bits per heavy atom. The van der Waals surface area contributed by atoms with Crippen LogP contribution in [0.1, 0.15) is 39.5 Å². The molecular weight excluding hydrogens is 176 g/mol. The van der Waals surface area contributed by atoms with E-state index in [-0.39, 0.29) is 5.78 Å². The van der Waals surface area contributed by atoms with Crippen LogP contribution in [0.4, 0.5) is 0 Å². The molecule has 0 radical (unpaired) electrons. The van der Waals surface area contributed by atoms with Crippen molar-refractivity contribution < 1.29 is 9.53 Å². The van der Waals surface area contributed by atoms with Gasteiger partial charge >= 0.3 is 0 Å². The van der Waals surface area contributed by atoms with Crippen LogP contribution in [0.3, 0.4) is 0 Å². The van der Waals surface area contributed by atoms with E-state index in [1.807, 2.05) is 0 Å². The third-order valence-corrected chi connectivity index (χ3v) is 3.44.